The Morgan fingerprint density at radius 2 is 1.79 bits per heavy atom. The number of carbonyl (C=O) groups is 2. The van der Waals surface area contributed by atoms with Gasteiger partial charge in [0.25, 0.3) is 5.91 Å². The Kier molecular flexibility index (Phi) is 8.92. The van der Waals surface area contributed by atoms with Crippen LogP contribution in [0.3, 0.4) is 0 Å². The topological polar surface area (TPSA) is 112 Å². The minimum atomic E-state index is -0.846. The van der Waals surface area contributed by atoms with Crippen molar-refractivity contribution >= 4 is 12.0 Å². The zero-order valence-corrected chi connectivity index (χ0v) is 22.1. The first-order valence-electron chi connectivity index (χ1n) is 12.0. The maximum atomic E-state index is 14.1. The highest BCUT2D eigenvalue weighted by molar-refractivity contribution is 5.94. The Balaban J connectivity index is 1.96. The maximum Gasteiger partial charge on any atom is 0.408 e. The first kappa shape index (κ1) is 28.4. The van der Waals surface area contributed by atoms with Crippen LogP contribution in [0.1, 0.15) is 62.5 Å². The molecule has 0 radical (unpaired) electrons. The summed E-state index contributed by atoms with van der Waals surface area (Å²) >= 11 is 0. The number of methoxy groups -OCH3 is 1. The minimum absolute atomic E-state index is 0.0196. The molecular weight excluding hydrogens is 500 g/mol. The van der Waals surface area contributed by atoms with E-state index in [1.807, 2.05) is 6.92 Å². The van der Waals surface area contributed by atoms with E-state index in [4.69, 9.17) is 18.6 Å². The van der Waals surface area contributed by atoms with Crippen LogP contribution in [0.5, 0.6) is 11.5 Å². The van der Waals surface area contributed by atoms with Gasteiger partial charge in [-0.1, -0.05) is 6.07 Å². The summed E-state index contributed by atoms with van der Waals surface area (Å²) in [4.78, 5) is 29.8. The molecule has 1 aromatic heterocycles. The molecule has 1 unspecified atom stereocenters. The van der Waals surface area contributed by atoms with Crippen molar-refractivity contribution in [3.63, 3.8) is 0 Å². The number of halogens is 2. The molecule has 0 aliphatic carbocycles. The van der Waals surface area contributed by atoms with E-state index in [0.717, 1.165) is 12.1 Å². The van der Waals surface area contributed by atoms with E-state index in [2.05, 4.69) is 15.6 Å². The molecule has 0 aliphatic heterocycles. The molecule has 2 amide bonds. The van der Waals surface area contributed by atoms with Crippen LogP contribution in [-0.4, -0.2) is 36.3 Å². The molecule has 38 heavy (non-hydrogen) atoms. The summed E-state index contributed by atoms with van der Waals surface area (Å²) < 4.78 is 50.3. The van der Waals surface area contributed by atoms with Crippen LogP contribution in [0.15, 0.2) is 40.8 Å². The second kappa shape index (κ2) is 11.9. The van der Waals surface area contributed by atoms with E-state index in [1.165, 1.54) is 13.2 Å². The molecule has 0 aliphatic rings. The van der Waals surface area contributed by atoms with E-state index in [0.29, 0.717) is 23.7 Å². The number of nitrogens with one attached hydrogen (secondary N) is 2. The Labute approximate surface area is 219 Å². The van der Waals surface area contributed by atoms with E-state index < -0.39 is 41.8 Å². The van der Waals surface area contributed by atoms with E-state index in [9.17, 15) is 18.4 Å². The van der Waals surface area contributed by atoms with Crippen molar-refractivity contribution in [3.8, 4) is 23.0 Å². The second-order valence-electron chi connectivity index (χ2n) is 9.28. The fourth-order valence-electron chi connectivity index (χ4n) is 3.49. The SMILES string of the molecule is CCOc1cc(-c2nc(C(=O)NCc3c(F)cccc3F)c(C(C)NC(=O)OC(C)(C)C)o2)ccc1OC. The molecule has 0 fully saturated rings. The van der Waals surface area contributed by atoms with Crippen molar-refractivity contribution in [3.05, 3.63) is 65.1 Å². The fraction of sp³-hybridized carbons (Fsp3) is 0.370. The van der Waals surface area contributed by atoms with Gasteiger partial charge in [-0.2, -0.15) is 0 Å². The lowest BCUT2D eigenvalue weighted by molar-refractivity contribution is 0.0501. The summed E-state index contributed by atoms with van der Waals surface area (Å²) in [6.07, 6.45) is -0.731. The number of benzene rings is 2. The fourth-order valence-corrected chi connectivity index (χ4v) is 3.49. The number of amides is 2. The van der Waals surface area contributed by atoms with E-state index in [1.54, 1.807) is 45.9 Å². The van der Waals surface area contributed by atoms with E-state index in [-0.39, 0.29) is 22.9 Å². The molecule has 0 bridgehead atoms. The van der Waals surface area contributed by atoms with Gasteiger partial charge in [0.15, 0.2) is 23.0 Å². The van der Waals surface area contributed by atoms with Crippen LogP contribution in [0.2, 0.25) is 0 Å². The summed E-state index contributed by atoms with van der Waals surface area (Å²) in [7, 11) is 1.51. The van der Waals surface area contributed by atoms with Gasteiger partial charge in [-0.3, -0.25) is 4.79 Å². The number of carbonyl (C=O) groups excluding carboxylic acids is 2. The Morgan fingerprint density at radius 3 is 2.39 bits per heavy atom. The monoisotopic (exact) mass is 531 g/mol. The number of alkyl carbamates (subject to hydrolysis) is 1. The van der Waals surface area contributed by atoms with Crippen molar-refractivity contribution < 1.29 is 37.0 Å². The predicted octanol–water partition coefficient (Wildman–Crippen LogP) is 5.54. The number of nitrogens with zero attached hydrogens (tertiary/aromatic N) is 1. The van der Waals surface area contributed by atoms with Crippen molar-refractivity contribution in [1.29, 1.82) is 0 Å². The molecule has 1 atom stereocenters. The molecule has 2 aromatic carbocycles. The largest absolute Gasteiger partial charge is 0.493 e. The van der Waals surface area contributed by atoms with Gasteiger partial charge in [-0.05, 0) is 65.0 Å². The molecule has 2 N–H and O–H groups in total. The number of aromatic nitrogens is 1. The molecular formula is C27H31F2N3O6. The number of ether oxygens (including phenoxy) is 3. The summed E-state index contributed by atoms with van der Waals surface area (Å²) in [5.41, 5.74) is -0.755. The van der Waals surface area contributed by atoms with Crippen LogP contribution < -0.4 is 20.1 Å². The van der Waals surface area contributed by atoms with Crippen LogP contribution in [0.25, 0.3) is 11.5 Å². The summed E-state index contributed by atoms with van der Waals surface area (Å²) in [5, 5.41) is 5.08. The Bertz CT molecular complexity index is 1280. The normalized spacial score (nSPS) is 12.0. The van der Waals surface area contributed by atoms with Crippen molar-refractivity contribution in [2.75, 3.05) is 13.7 Å². The zero-order chi connectivity index (χ0) is 28.0. The van der Waals surface area contributed by atoms with Crippen LogP contribution in [-0.2, 0) is 11.3 Å². The Morgan fingerprint density at radius 1 is 1.11 bits per heavy atom. The number of hydrogen-bond acceptors (Lipinski definition) is 7. The summed E-state index contributed by atoms with van der Waals surface area (Å²) in [6, 6.07) is 7.54. The van der Waals surface area contributed by atoms with Crippen molar-refractivity contribution in [2.45, 2.75) is 52.8 Å². The highest BCUT2D eigenvalue weighted by atomic mass is 19.1. The zero-order valence-electron chi connectivity index (χ0n) is 22.1. The van der Waals surface area contributed by atoms with Gasteiger partial charge in [0.1, 0.15) is 17.2 Å². The van der Waals surface area contributed by atoms with Gasteiger partial charge >= 0.3 is 6.09 Å². The third-order valence-electron chi connectivity index (χ3n) is 5.19. The molecule has 3 rings (SSSR count). The summed E-state index contributed by atoms with van der Waals surface area (Å²) in [6.45, 7) is 8.50. The molecule has 3 aromatic rings. The molecule has 1 heterocycles. The highest BCUT2D eigenvalue weighted by Crippen LogP contribution is 2.34. The standard InChI is InChI=1S/C27H31F2N3O6/c1-7-36-21-13-16(11-12-20(21)35-6)25-32-22(23(37-25)15(2)31-26(34)38-27(3,4)5)24(33)30-14-17-18(28)9-8-10-19(17)29/h8-13,15H,7,14H2,1-6H3,(H,30,33)(H,31,34). The van der Waals surface area contributed by atoms with Crippen LogP contribution in [0, 0.1) is 11.6 Å². The van der Waals surface area contributed by atoms with E-state index >= 15 is 0 Å². The Hall–Kier alpha value is -4.15. The number of hydrogen-bond donors (Lipinski definition) is 2. The van der Waals surface area contributed by atoms with Crippen molar-refractivity contribution in [1.82, 2.24) is 15.6 Å². The number of oxazole rings is 1. The first-order chi connectivity index (χ1) is 17.9. The van der Waals surface area contributed by atoms with Crippen LogP contribution >= 0.6 is 0 Å². The van der Waals surface area contributed by atoms with Gasteiger partial charge in [0.2, 0.25) is 5.89 Å². The van der Waals surface area contributed by atoms with Gasteiger partial charge in [-0.25, -0.2) is 18.6 Å². The second-order valence-corrected chi connectivity index (χ2v) is 9.28. The number of rotatable bonds is 9. The molecule has 9 nitrogen and oxygen atoms in total. The third-order valence-corrected chi connectivity index (χ3v) is 5.19. The molecule has 0 spiro atoms. The average Bonchev–Trinajstić information content (AvgIpc) is 3.28. The van der Waals surface area contributed by atoms with Crippen LogP contribution in [0.4, 0.5) is 13.6 Å². The van der Waals surface area contributed by atoms with Gasteiger partial charge in [-0.15, -0.1) is 0 Å². The van der Waals surface area contributed by atoms with Crippen molar-refractivity contribution in [2.24, 2.45) is 0 Å². The third kappa shape index (κ3) is 6.99. The smallest absolute Gasteiger partial charge is 0.408 e. The average molecular weight is 532 g/mol. The van der Waals surface area contributed by atoms with Gasteiger partial charge in [0, 0.05) is 17.7 Å². The van der Waals surface area contributed by atoms with Gasteiger partial charge in [0.05, 0.1) is 19.8 Å². The molecule has 0 saturated heterocycles. The lowest BCUT2D eigenvalue weighted by Gasteiger charge is -2.21. The minimum Gasteiger partial charge on any atom is -0.493 e. The van der Waals surface area contributed by atoms with Gasteiger partial charge < -0.3 is 29.3 Å². The quantitative estimate of drug-likeness (QED) is 0.373. The molecule has 0 saturated carbocycles. The lowest BCUT2D eigenvalue weighted by Crippen LogP contribution is -2.35. The summed E-state index contributed by atoms with van der Waals surface area (Å²) in [5.74, 6) is -1.34. The highest BCUT2D eigenvalue weighted by Gasteiger charge is 2.28. The first-order valence-corrected chi connectivity index (χ1v) is 12.0. The molecule has 11 heteroatoms. The lowest BCUT2D eigenvalue weighted by atomic mass is 10.1. The maximum absolute atomic E-state index is 14.1. The predicted molar refractivity (Wildman–Crippen MR) is 135 cm³/mol. The molecule has 204 valence electrons.